The van der Waals surface area contributed by atoms with Crippen molar-refractivity contribution in [3.63, 3.8) is 0 Å². The van der Waals surface area contributed by atoms with Crippen molar-refractivity contribution in [3.8, 4) is 5.75 Å². The Kier molecular flexibility index (Phi) is 4.63. The molecular formula is C13H21NO. The minimum atomic E-state index is 0.229. The topological polar surface area (TPSA) is 35.2 Å². The molecule has 0 bridgehead atoms. The van der Waals surface area contributed by atoms with Crippen molar-refractivity contribution in [2.75, 3.05) is 6.61 Å². The van der Waals surface area contributed by atoms with E-state index in [0.29, 0.717) is 6.61 Å². The first-order valence-corrected chi connectivity index (χ1v) is 5.65. The molecule has 0 radical (unpaired) electrons. The molecule has 1 unspecified atom stereocenters. The highest BCUT2D eigenvalue weighted by Crippen LogP contribution is 2.21. The Morgan fingerprint density at radius 2 is 2.07 bits per heavy atom. The Morgan fingerprint density at radius 1 is 1.33 bits per heavy atom. The van der Waals surface area contributed by atoms with Gasteiger partial charge in [0.15, 0.2) is 0 Å². The maximum atomic E-state index is 5.95. The van der Waals surface area contributed by atoms with Crippen LogP contribution in [0, 0.1) is 6.92 Å². The third-order valence-electron chi connectivity index (χ3n) is 2.53. The van der Waals surface area contributed by atoms with Crippen molar-refractivity contribution in [2.24, 2.45) is 5.73 Å². The van der Waals surface area contributed by atoms with E-state index >= 15 is 0 Å². The zero-order valence-corrected chi connectivity index (χ0v) is 9.92. The highest BCUT2D eigenvalue weighted by Gasteiger charge is 2.07. The molecule has 15 heavy (non-hydrogen) atoms. The maximum absolute atomic E-state index is 5.95. The molecule has 0 aromatic heterocycles. The fourth-order valence-electron chi connectivity index (χ4n) is 1.55. The Balaban J connectivity index is 2.85. The molecule has 1 rings (SSSR count). The molecule has 0 amide bonds. The summed E-state index contributed by atoms with van der Waals surface area (Å²) in [5.74, 6) is 0.987. The second-order valence-corrected chi connectivity index (χ2v) is 3.92. The van der Waals surface area contributed by atoms with Gasteiger partial charge in [0.05, 0.1) is 6.61 Å². The molecule has 0 fully saturated rings. The summed E-state index contributed by atoms with van der Waals surface area (Å²) in [5, 5.41) is 0. The van der Waals surface area contributed by atoms with Crippen molar-refractivity contribution >= 4 is 0 Å². The summed E-state index contributed by atoms with van der Waals surface area (Å²) in [4.78, 5) is 0. The van der Waals surface area contributed by atoms with Gasteiger partial charge in [-0.05, 0) is 43.9 Å². The monoisotopic (exact) mass is 207 g/mol. The molecule has 0 saturated heterocycles. The van der Waals surface area contributed by atoms with Gasteiger partial charge in [-0.3, -0.25) is 0 Å². The van der Waals surface area contributed by atoms with Gasteiger partial charge in [-0.2, -0.15) is 0 Å². The van der Waals surface area contributed by atoms with Gasteiger partial charge in [0.25, 0.3) is 0 Å². The lowest BCUT2D eigenvalue weighted by Crippen LogP contribution is -2.21. The largest absolute Gasteiger partial charge is 0.494 e. The van der Waals surface area contributed by atoms with E-state index in [9.17, 15) is 0 Å². The molecule has 1 atom stereocenters. The number of ether oxygens (including phenoxy) is 1. The van der Waals surface area contributed by atoms with Crippen LogP contribution in [0.3, 0.4) is 0 Å². The predicted molar refractivity (Wildman–Crippen MR) is 64.3 cm³/mol. The summed E-state index contributed by atoms with van der Waals surface area (Å²) in [6.45, 7) is 6.90. The average molecular weight is 207 g/mol. The molecular weight excluding hydrogens is 186 g/mol. The van der Waals surface area contributed by atoms with Gasteiger partial charge in [-0.15, -0.1) is 0 Å². The van der Waals surface area contributed by atoms with Gasteiger partial charge in [0, 0.05) is 6.04 Å². The van der Waals surface area contributed by atoms with Crippen LogP contribution in [-0.2, 0) is 6.42 Å². The molecule has 1 aromatic rings. The average Bonchev–Trinajstić information content (AvgIpc) is 2.22. The number of benzene rings is 1. The van der Waals surface area contributed by atoms with Crippen LogP contribution in [0.2, 0.25) is 0 Å². The smallest absolute Gasteiger partial charge is 0.122 e. The summed E-state index contributed by atoms with van der Waals surface area (Å²) in [6, 6.07) is 6.55. The zero-order chi connectivity index (χ0) is 11.3. The Morgan fingerprint density at radius 3 is 2.67 bits per heavy atom. The van der Waals surface area contributed by atoms with Crippen molar-refractivity contribution < 1.29 is 4.74 Å². The molecule has 0 aliphatic rings. The van der Waals surface area contributed by atoms with Crippen LogP contribution in [0.5, 0.6) is 5.75 Å². The first-order valence-electron chi connectivity index (χ1n) is 5.65. The SMILES string of the molecule is CCOc1cc(C)ccc1CC(N)CC. The van der Waals surface area contributed by atoms with E-state index in [2.05, 4.69) is 32.0 Å². The molecule has 1 aromatic carbocycles. The van der Waals surface area contributed by atoms with Crippen molar-refractivity contribution in [2.45, 2.75) is 39.7 Å². The van der Waals surface area contributed by atoms with Crippen LogP contribution < -0.4 is 10.5 Å². The van der Waals surface area contributed by atoms with Gasteiger partial charge in [-0.25, -0.2) is 0 Å². The van der Waals surface area contributed by atoms with Crippen LogP contribution in [0.25, 0.3) is 0 Å². The number of hydrogen-bond donors (Lipinski definition) is 1. The van der Waals surface area contributed by atoms with Crippen molar-refractivity contribution in [1.82, 2.24) is 0 Å². The van der Waals surface area contributed by atoms with Gasteiger partial charge in [0.1, 0.15) is 5.75 Å². The number of hydrogen-bond acceptors (Lipinski definition) is 2. The highest BCUT2D eigenvalue weighted by molar-refractivity contribution is 5.37. The molecule has 0 saturated carbocycles. The van der Waals surface area contributed by atoms with E-state index in [1.165, 1.54) is 11.1 Å². The third kappa shape index (κ3) is 3.56. The standard InChI is InChI=1S/C13H21NO/c1-4-12(14)9-11-7-6-10(3)8-13(11)15-5-2/h6-8,12H,4-5,9,14H2,1-3H3. The summed E-state index contributed by atoms with van der Waals surface area (Å²) >= 11 is 0. The normalized spacial score (nSPS) is 12.5. The van der Waals surface area contributed by atoms with Crippen LogP contribution in [0.15, 0.2) is 18.2 Å². The van der Waals surface area contributed by atoms with Gasteiger partial charge in [0.2, 0.25) is 0 Å². The van der Waals surface area contributed by atoms with Crippen LogP contribution in [0.1, 0.15) is 31.4 Å². The van der Waals surface area contributed by atoms with Gasteiger partial charge < -0.3 is 10.5 Å². The predicted octanol–water partition coefficient (Wildman–Crippen LogP) is 2.67. The second-order valence-electron chi connectivity index (χ2n) is 3.92. The lowest BCUT2D eigenvalue weighted by molar-refractivity contribution is 0.335. The van der Waals surface area contributed by atoms with Crippen molar-refractivity contribution in [3.05, 3.63) is 29.3 Å². The van der Waals surface area contributed by atoms with E-state index in [-0.39, 0.29) is 6.04 Å². The first kappa shape index (κ1) is 12.1. The molecule has 2 N–H and O–H groups in total. The van der Waals surface area contributed by atoms with Gasteiger partial charge >= 0.3 is 0 Å². The number of aryl methyl sites for hydroxylation is 1. The Hall–Kier alpha value is -1.02. The third-order valence-corrected chi connectivity index (χ3v) is 2.53. The fourth-order valence-corrected chi connectivity index (χ4v) is 1.55. The summed E-state index contributed by atoms with van der Waals surface area (Å²) in [5.41, 5.74) is 8.40. The van der Waals surface area contributed by atoms with Crippen LogP contribution in [0.4, 0.5) is 0 Å². The summed E-state index contributed by atoms with van der Waals surface area (Å²) < 4.78 is 5.61. The van der Waals surface area contributed by atoms with Gasteiger partial charge in [-0.1, -0.05) is 19.1 Å². The van der Waals surface area contributed by atoms with E-state index in [4.69, 9.17) is 10.5 Å². The second kappa shape index (κ2) is 5.76. The van der Waals surface area contributed by atoms with Crippen molar-refractivity contribution in [1.29, 1.82) is 0 Å². The minimum absolute atomic E-state index is 0.229. The fraction of sp³-hybridized carbons (Fsp3) is 0.538. The molecule has 0 aliphatic heterocycles. The Bertz CT molecular complexity index is 309. The van der Waals surface area contributed by atoms with E-state index < -0.39 is 0 Å². The highest BCUT2D eigenvalue weighted by atomic mass is 16.5. The van der Waals surface area contributed by atoms with E-state index in [1.807, 2.05) is 6.92 Å². The summed E-state index contributed by atoms with van der Waals surface area (Å²) in [7, 11) is 0. The Labute approximate surface area is 92.4 Å². The molecule has 0 aliphatic carbocycles. The quantitative estimate of drug-likeness (QED) is 0.805. The molecule has 2 nitrogen and oxygen atoms in total. The van der Waals surface area contributed by atoms with E-state index in [1.54, 1.807) is 0 Å². The maximum Gasteiger partial charge on any atom is 0.122 e. The lowest BCUT2D eigenvalue weighted by Gasteiger charge is -2.14. The molecule has 0 heterocycles. The minimum Gasteiger partial charge on any atom is -0.494 e. The lowest BCUT2D eigenvalue weighted by atomic mass is 10.0. The van der Waals surface area contributed by atoms with Crippen LogP contribution >= 0.6 is 0 Å². The summed E-state index contributed by atoms with van der Waals surface area (Å²) in [6.07, 6.45) is 1.89. The number of rotatable bonds is 5. The zero-order valence-electron chi connectivity index (χ0n) is 9.92. The molecule has 0 spiro atoms. The van der Waals surface area contributed by atoms with Crippen LogP contribution in [-0.4, -0.2) is 12.6 Å². The number of nitrogens with two attached hydrogens (primary N) is 1. The van der Waals surface area contributed by atoms with E-state index in [0.717, 1.165) is 18.6 Å². The molecule has 84 valence electrons. The molecule has 2 heteroatoms. The first-order chi connectivity index (χ1) is 7.17.